The van der Waals surface area contributed by atoms with Crippen LogP contribution in [0.5, 0.6) is 5.75 Å². The number of para-hydroxylation sites is 1. The van der Waals surface area contributed by atoms with Crippen LogP contribution in [0, 0.1) is 0 Å². The number of carbonyl (C=O) groups is 2. The summed E-state index contributed by atoms with van der Waals surface area (Å²) in [7, 11) is 0. The average molecular weight is 457 g/mol. The first-order valence-corrected chi connectivity index (χ1v) is 9.82. The third-order valence-electron chi connectivity index (χ3n) is 4.63. The van der Waals surface area contributed by atoms with Gasteiger partial charge < -0.3 is 19.9 Å². The number of piperazine rings is 1. The van der Waals surface area contributed by atoms with Crippen LogP contribution in [0.25, 0.3) is 0 Å². The summed E-state index contributed by atoms with van der Waals surface area (Å²) in [5.74, 6) is 0.111. The van der Waals surface area contributed by atoms with Gasteiger partial charge in [0.2, 0.25) is 5.91 Å². The standard InChI is InChI=1S/C20H20ClF3N4O3/c21-16-10-14(20(22,23)24)11-26-19(16)28-8-6-27(7-9-28)18(30)12-25-17(29)13-31-15-4-2-1-3-5-15/h1-5,10-11H,6-9,12-13H2,(H,25,29). The molecule has 11 heteroatoms. The molecular weight excluding hydrogens is 437 g/mol. The van der Waals surface area contributed by atoms with Crippen LogP contribution in [0.1, 0.15) is 5.56 Å². The van der Waals surface area contributed by atoms with Crippen molar-refractivity contribution in [1.82, 2.24) is 15.2 Å². The van der Waals surface area contributed by atoms with Gasteiger partial charge in [-0.05, 0) is 18.2 Å². The Morgan fingerprint density at radius 1 is 1.13 bits per heavy atom. The largest absolute Gasteiger partial charge is 0.484 e. The molecule has 1 N–H and O–H groups in total. The van der Waals surface area contributed by atoms with Crippen molar-refractivity contribution in [2.75, 3.05) is 44.2 Å². The van der Waals surface area contributed by atoms with Crippen LogP contribution < -0.4 is 15.0 Å². The summed E-state index contributed by atoms with van der Waals surface area (Å²) in [4.78, 5) is 31.3. The van der Waals surface area contributed by atoms with E-state index >= 15 is 0 Å². The Kier molecular flexibility index (Phi) is 7.21. The molecule has 0 radical (unpaired) electrons. The number of amides is 2. The molecule has 0 spiro atoms. The van der Waals surface area contributed by atoms with E-state index in [0.29, 0.717) is 31.9 Å². The highest BCUT2D eigenvalue weighted by molar-refractivity contribution is 6.33. The van der Waals surface area contributed by atoms with E-state index in [1.54, 1.807) is 34.1 Å². The van der Waals surface area contributed by atoms with Crippen LogP contribution in [-0.2, 0) is 15.8 Å². The van der Waals surface area contributed by atoms with Crippen molar-refractivity contribution in [2.45, 2.75) is 6.18 Å². The number of hydrogen-bond donors (Lipinski definition) is 1. The highest BCUT2D eigenvalue weighted by Crippen LogP contribution is 2.33. The second-order valence-electron chi connectivity index (χ2n) is 6.77. The smallest absolute Gasteiger partial charge is 0.417 e. The fraction of sp³-hybridized carbons (Fsp3) is 0.350. The molecule has 0 saturated carbocycles. The molecular formula is C20H20ClF3N4O3. The lowest BCUT2D eigenvalue weighted by atomic mass is 10.2. The third kappa shape index (κ3) is 6.24. The second-order valence-corrected chi connectivity index (χ2v) is 7.18. The Morgan fingerprint density at radius 3 is 2.42 bits per heavy atom. The molecule has 0 atom stereocenters. The number of aromatic nitrogens is 1. The summed E-state index contributed by atoms with van der Waals surface area (Å²) in [5.41, 5.74) is -0.915. The van der Waals surface area contributed by atoms with Crippen molar-refractivity contribution >= 4 is 29.2 Å². The monoisotopic (exact) mass is 456 g/mol. The van der Waals surface area contributed by atoms with E-state index in [2.05, 4.69) is 10.3 Å². The Balaban J connectivity index is 1.44. The lowest BCUT2D eigenvalue weighted by Crippen LogP contribution is -2.51. The molecule has 2 amide bonds. The summed E-state index contributed by atoms with van der Waals surface area (Å²) in [5, 5.41) is 2.42. The van der Waals surface area contributed by atoms with Crippen LogP contribution in [0.15, 0.2) is 42.6 Å². The quantitative estimate of drug-likeness (QED) is 0.723. The van der Waals surface area contributed by atoms with E-state index in [0.717, 1.165) is 12.3 Å². The summed E-state index contributed by atoms with van der Waals surface area (Å²) in [6.07, 6.45) is -3.78. The van der Waals surface area contributed by atoms with E-state index < -0.39 is 17.6 Å². The number of rotatable bonds is 6. The zero-order chi connectivity index (χ0) is 22.4. The van der Waals surface area contributed by atoms with E-state index in [9.17, 15) is 22.8 Å². The Labute approximate surface area is 181 Å². The van der Waals surface area contributed by atoms with Gasteiger partial charge in [-0.1, -0.05) is 29.8 Å². The molecule has 1 saturated heterocycles. The average Bonchev–Trinajstić information content (AvgIpc) is 2.76. The molecule has 2 heterocycles. The number of nitrogens with one attached hydrogen (secondary N) is 1. The molecule has 3 rings (SSSR count). The highest BCUT2D eigenvalue weighted by Gasteiger charge is 2.32. The number of carbonyl (C=O) groups excluding carboxylic acids is 2. The molecule has 31 heavy (non-hydrogen) atoms. The van der Waals surface area contributed by atoms with Gasteiger partial charge in [0.15, 0.2) is 6.61 Å². The lowest BCUT2D eigenvalue weighted by Gasteiger charge is -2.35. The zero-order valence-electron chi connectivity index (χ0n) is 16.4. The maximum Gasteiger partial charge on any atom is 0.417 e. The van der Waals surface area contributed by atoms with Crippen molar-refractivity contribution in [1.29, 1.82) is 0 Å². The van der Waals surface area contributed by atoms with Gasteiger partial charge in [0.1, 0.15) is 11.6 Å². The molecule has 0 unspecified atom stereocenters. The first-order valence-electron chi connectivity index (χ1n) is 9.44. The molecule has 166 valence electrons. The molecule has 1 aromatic heterocycles. The number of hydrogen-bond acceptors (Lipinski definition) is 5. The number of benzene rings is 1. The van der Waals surface area contributed by atoms with E-state index in [1.165, 1.54) is 0 Å². The number of ether oxygens (including phenoxy) is 1. The van der Waals surface area contributed by atoms with Gasteiger partial charge in [-0.2, -0.15) is 13.2 Å². The summed E-state index contributed by atoms with van der Waals surface area (Å²) in [6.45, 7) is 0.992. The third-order valence-corrected chi connectivity index (χ3v) is 4.91. The van der Waals surface area contributed by atoms with Gasteiger partial charge in [0.05, 0.1) is 17.1 Å². The molecule has 7 nitrogen and oxygen atoms in total. The Hall–Kier alpha value is -3.01. The van der Waals surface area contributed by atoms with Crippen LogP contribution in [0.4, 0.5) is 19.0 Å². The maximum absolute atomic E-state index is 12.8. The topological polar surface area (TPSA) is 74.8 Å². The summed E-state index contributed by atoms with van der Waals surface area (Å²) >= 11 is 5.98. The fourth-order valence-corrected chi connectivity index (χ4v) is 3.27. The number of nitrogens with zero attached hydrogens (tertiary/aromatic N) is 3. The molecule has 1 aliphatic rings. The first-order chi connectivity index (χ1) is 14.7. The van der Waals surface area contributed by atoms with Crippen LogP contribution >= 0.6 is 11.6 Å². The lowest BCUT2D eigenvalue weighted by molar-refractivity contribution is -0.137. The maximum atomic E-state index is 12.8. The highest BCUT2D eigenvalue weighted by atomic mass is 35.5. The molecule has 0 bridgehead atoms. The number of halogens is 4. The van der Waals surface area contributed by atoms with E-state index in [-0.39, 0.29) is 29.9 Å². The number of alkyl halides is 3. The van der Waals surface area contributed by atoms with Crippen molar-refractivity contribution in [3.8, 4) is 5.75 Å². The van der Waals surface area contributed by atoms with Gasteiger partial charge in [0.25, 0.3) is 5.91 Å². The minimum Gasteiger partial charge on any atom is -0.484 e. The number of pyridine rings is 1. The molecule has 1 aromatic carbocycles. The predicted octanol–water partition coefficient (Wildman–Crippen LogP) is 2.60. The molecule has 2 aromatic rings. The van der Waals surface area contributed by atoms with Crippen molar-refractivity contribution in [2.24, 2.45) is 0 Å². The van der Waals surface area contributed by atoms with Gasteiger partial charge in [0, 0.05) is 32.4 Å². The molecule has 0 aliphatic carbocycles. The zero-order valence-corrected chi connectivity index (χ0v) is 17.1. The number of anilines is 1. The predicted molar refractivity (Wildman–Crippen MR) is 108 cm³/mol. The second kappa shape index (κ2) is 9.86. The van der Waals surface area contributed by atoms with Crippen LogP contribution in [0.3, 0.4) is 0 Å². The molecule has 1 fully saturated rings. The van der Waals surface area contributed by atoms with E-state index in [1.807, 2.05) is 6.07 Å². The van der Waals surface area contributed by atoms with Crippen molar-refractivity contribution in [3.05, 3.63) is 53.2 Å². The van der Waals surface area contributed by atoms with Gasteiger partial charge in [-0.3, -0.25) is 9.59 Å². The fourth-order valence-electron chi connectivity index (χ4n) is 2.99. The van der Waals surface area contributed by atoms with Crippen molar-refractivity contribution < 1.29 is 27.5 Å². The molecule has 1 aliphatic heterocycles. The van der Waals surface area contributed by atoms with Gasteiger partial charge in [-0.25, -0.2) is 4.98 Å². The van der Waals surface area contributed by atoms with Crippen molar-refractivity contribution in [3.63, 3.8) is 0 Å². The van der Waals surface area contributed by atoms with Crippen LogP contribution in [-0.4, -0.2) is 61.0 Å². The normalized spacial score (nSPS) is 14.3. The van der Waals surface area contributed by atoms with Gasteiger partial charge in [-0.15, -0.1) is 0 Å². The minimum atomic E-state index is -4.52. The summed E-state index contributed by atoms with van der Waals surface area (Å²) < 4.78 is 43.6. The SMILES string of the molecule is O=C(COc1ccccc1)NCC(=O)N1CCN(c2ncc(C(F)(F)F)cc2Cl)CC1. The van der Waals surface area contributed by atoms with Crippen LogP contribution in [0.2, 0.25) is 5.02 Å². The Bertz CT molecular complexity index is 920. The van der Waals surface area contributed by atoms with Gasteiger partial charge >= 0.3 is 6.18 Å². The minimum absolute atomic E-state index is 0.0970. The summed E-state index contributed by atoms with van der Waals surface area (Å²) in [6, 6.07) is 9.67. The van der Waals surface area contributed by atoms with E-state index in [4.69, 9.17) is 16.3 Å². The Morgan fingerprint density at radius 2 is 1.81 bits per heavy atom. The first kappa shape index (κ1) is 22.7.